The van der Waals surface area contributed by atoms with E-state index in [4.69, 9.17) is 0 Å². The number of nitrogens with zero attached hydrogens (tertiary/aromatic N) is 1. The van der Waals surface area contributed by atoms with Gasteiger partial charge in [-0.15, -0.1) is 0 Å². The largest absolute Gasteiger partial charge is 0.372 e. The molecule has 0 spiro atoms. The minimum atomic E-state index is 0.581. The van der Waals surface area contributed by atoms with Gasteiger partial charge in [-0.25, -0.2) is 0 Å². The lowest BCUT2D eigenvalue weighted by molar-refractivity contribution is 0.838. The van der Waals surface area contributed by atoms with Crippen LogP contribution in [0.1, 0.15) is 13.8 Å². The SMILES string of the molecule is CC(C)C1=NCCN1. The molecule has 2 heteroatoms. The Hall–Kier alpha value is -0.530. The molecule has 0 atom stereocenters. The maximum atomic E-state index is 4.24. The van der Waals surface area contributed by atoms with Crippen molar-refractivity contribution in [2.75, 3.05) is 13.1 Å². The van der Waals surface area contributed by atoms with Gasteiger partial charge in [0.1, 0.15) is 0 Å². The minimum absolute atomic E-state index is 0.581. The van der Waals surface area contributed by atoms with E-state index >= 15 is 0 Å². The molecule has 8 heavy (non-hydrogen) atoms. The van der Waals surface area contributed by atoms with Gasteiger partial charge in [0, 0.05) is 12.5 Å². The van der Waals surface area contributed by atoms with Crippen LogP contribution in [0.3, 0.4) is 0 Å². The second kappa shape index (κ2) is 2.16. The van der Waals surface area contributed by atoms with Crippen molar-refractivity contribution in [2.24, 2.45) is 10.9 Å². The summed E-state index contributed by atoms with van der Waals surface area (Å²) >= 11 is 0. The zero-order valence-electron chi connectivity index (χ0n) is 5.44. The van der Waals surface area contributed by atoms with E-state index in [0.29, 0.717) is 5.92 Å². The van der Waals surface area contributed by atoms with E-state index < -0.39 is 0 Å². The van der Waals surface area contributed by atoms with Gasteiger partial charge in [-0.1, -0.05) is 13.8 Å². The molecule has 0 saturated heterocycles. The van der Waals surface area contributed by atoms with Crippen molar-refractivity contribution in [3.8, 4) is 0 Å². The van der Waals surface area contributed by atoms with Crippen LogP contribution < -0.4 is 5.32 Å². The van der Waals surface area contributed by atoms with Crippen LogP contribution in [0.15, 0.2) is 4.99 Å². The maximum Gasteiger partial charge on any atom is 0.0990 e. The van der Waals surface area contributed by atoms with Crippen LogP contribution in [0, 0.1) is 5.92 Å². The summed E-state index contributed by atoms with van der Waals surface area (Å²) in [4.78, 5) is 4.24. The van der Waals surface area contributed by atoms with Crippen LogP contribution in [0.4, 0.5) is 0 Å². The van der Waals surface area contributed by atoms with Crippen molar-refractivity contribution in [3.63, 3.8) is 0 Å². The fourth-order valence-electron chi connectivity index (χ4n) is 0.803. The van der Waals surface area contributed by atoms with E-state index in [1.54, 1.807) is 0 Å². The van der Waals surface area contributed by atoms with Crippen molar-refractivity contribution in [3.05, 3.63) is 0 Å². The normalized spacial score (nSPS) is 18.6. The summed E-state index contributed by atoms with van der Waals surface area (Å²) in [5.41, 5.74) is 0. The van der Waals surface area contributed by atoms with Gasteiger partial charge in [0.15, 0.2) is 0 Å². The summed E-state index contributed by atoms with van der Waals surface area (Å²) in [5, 5.41) is 3.21. The molecule has 1 aliphatic heterocycles. The lowest BCUT2D eigenvalue weighted by Gasteiger charge is -2.02. The van der Waals surface area contributed by atoms with Crippen LogP contribution in [0.25, 0.3) is 0 Å². The van der Waals surface area contributed by atoms with E-state index in [2.05, 4.69) is 24.2 Å². The second-order valence-electron chi connectivity index (χ2n) is 2.35. The van der Waals surface area contributed by atoms with Gasteiger partial charge >= 0.3 is 0 Å². The molecule has 0 bridgehead atoms. The molecule has 0 amide bonds. The van der Waals surface area contributed by atoms with Gasteiger partial charge in [0.25, 0.3) is 0 Å². The summed E-state index contributed by atoms with van der Waals surface area (Å²) in [6.45, 7) is 6.30. The Morgan fingerprint density at radius 3 is 2.62 bits per heavy atom. The lowest BCUT2D eigenvalue weighted by Crippen LogP contribution is -2.23. The Kier molecular flexibility index (Phi) is 1.51. The van der Waals surface area contributed by atoms with Crippen LogP contribution in [-0.4, -0.2) is 18.9 Å². The first-order valence-electron chi connectivity index (χ1n) is 3.09. The molecule has 1 rings (SSSR count). The Morgan fingerprint density at radius 1 is 1.62 bits per heavy atom. The smallest absolute Gasteiger partial charge is 0.0990 e. The lowest BCUT2D eigenvalue weighted by atomic mass is 10.2. The average Bonchev–Trinajstić information content (AvgIpc) is 2.12. The minimum Gasteiger partial charge on any atom is -0.372 e. The molecule has 0 aromatic rings. The molecule has 46 valence electrons. The molecular weight excluding hydrogens is 100 g/mol. The Balaban J connectivity index is 2.45. The quantitative estimate of drug-likeness (QED) is 0.529. The topological polar surface area (TPSA) is 24.4 Å². The predicted molar refractivity (Wildman–Crippen MR) is 35.1 cm³/mol. The average molecular weight is 112 g/mol. The van der Waals surface area contributed by atoms with Crippen LogP contribution in [-0.2, 0) is 0 Å². The molecule has 0 saturated carbocycles. The van der Waals surface area contributed by atoms with Crippen molar-refractivity contribution in [1.82, 2.24) is 5.32 Å². The van der Waals surface area contributed by atoms with Crippen LogP contribution in [0.2, 0.25) is 0 Å². The number of hydrogen-bond donors (Lipinski definition) is 1. The van der Waals surface area contributed by atoms with Gasteiger partial charge in [-0.2, -0.15) is 0 Å². The standard InChI is InChI=1S/C6H12N2/c1-5(2)6-7-3-4-8-6/h5H,3-4H2,1-2H3,(H,7,8). The number of hydrogen-bond acceptors (Lipinski definition) is 2. The van der Waals surface area contributed by atoms with Gasteiger partial charge in [-0.3, -0.25) is 4.99 Å². The van der Waals surface area contributed by atoms with E-state index in [0.717, 1.165) is 13.1 Å². The van der Waals surface area contributed by atoms with Crippen molar-refractivity contribution in [2.45, 2.75) is 13.8 Å². The molecule has 0 aliphatic carbocycles. The number of rotatable bonds is 1. The van der Waals surface area contributed by atoms with E-state index in [-0.39, 0.29) is 0 Å². The molecule has 0 radical (unpaired) electrons. The van der Waals surface area contributed by atoms with Crippen molar-refractivity contribution in [1.29, 1.82) is 0 Å². The predicted octanol–water partition coefficient (Wildman–Crippen LogP) is 0.644. The highest BCUT2D eigenvalue weighted by Crippen LogP contribution is 1.97. The number of amidine groups is 1. The molecular formula is C6H12N2. The molecule has 2 nitrogen and oxygen atoms in total. The highest BCUT2D eigenvalue weighted by Gasteiger charge is 2.06. The highest BCUT2D eigenvalue weighted by atomic mass is 15.1. The van der Waals surface area contributed by atoms with Gasteiger partial charge in [0.2, 0.25) is 0 Å². The molecule has 1 N–H and O–H groups in total. The molecule has 0 aromatic carbocycles. The summed E-state index contributed by atoms with van der Waals surface area (Å²) in [6, 6.07) is 0. The van der Waals surface area contributed by atoms with E-state index in [1.165, 1.54) is 5.84 Å². The van der Waals surface area contributed by atoms with Gasteiger partial charge < -0.3 is 5.32 Å². The first-order chi connectivity index (χ1) is 3.80. The fraction of sp³-hybridized carbons (Fsp3) is 0.833. The summed E-state index contributed by atoms with van der Waals surface area (Å²) in [6.07, 6.45) is 0. The Bertz CT molecular complexity index is 105. The molecule has 1 heterocycles. The van der Waals surface area contributed by atoms with Crippen LogP contribution in [0.5, 0.6) is 0 Å². The van der Waals surface area contributed by atoms with E-state index in [9.17, 15) is 0 Å². The van der Waals surface area contributed by atoms with Crippen LogP contribution >= 0.6 is 0 Å². The molecule has 1 aliphatic rings. The van der Waals surface area contributed by atoms with Gasteiger partial charge in [-0.05, 0) is 0 Å². The summed E-state index contributed by atoms with van der Waals surface area (Å²) in [7, 11) is 0. The monoisotopic (exact) mass is 112 g/mol. The summed E-state index contributed by atoms with van der Waals surface area (Å²) < 4.78 is 0. The third-order valence-electron chi connectivity index (χ3n) is 1.25. The van der Waals surface area contributed by atoms with Crippen molar-refractivity contribution >= 4 is 5.84 Å². The first kappa shape index (κ1) is 5.60. The first-order valence-corrected chi connectivity index (χ1v) is 3.09. The third-order valence-corrected chi connectivity index (χ3v) is 1.25. The van der Waals surface area contributed by atoms with Gasteiger partial charge in [0.05, 0.1) is 12.4 Å². The second-order valence-corrected chi connectivity index (χ2v) is 2.35. The van der Waals surface area contributed by atoms with E-state index in [1.807, 2.05) is 0 Å². The fourth-order valence-corrected chi connectivity index (χ4v) is 0.803. The zero-order chi connectivity index (χ0) is 5.98. The summed E-state index contributed by atoms with van der Waals surface area (Å²) in [5.74, 6) is 1.75. The number of nitrogens with one attached hydrogen (secondary N) is 1. The molecule has 0 aromatic heterocycles. The third kappa shape index (κ3) is 0.997. The Morgan fingerprint density at radius 2 is 2.38 bits per heavy atom. The zero-order valence-corrected chi connectivity index (χ0v) is 5.44. The van der Waals surface area contributed by atoms with Crippen molar-refractivity contribution < 1.29 is 0 Å². The number of aliphatic imine (C=N–C) groups is 1. The molecule has 0 unspecified atom stereocenters. The highest BCUT2D eigenvalue weighted by molar-refractivity contribution is 5.85. The maximum absolute atomic E-state index is 4.24. The Labute approximate surface area is 50.0 Å². The molecule has 0 fully saturated rings.